The largest absolute Gasteiger partial charge is 0.462 e. The number of hydrogen-bond donors (Lipinski definition) is 7. The summed E-state index contributed by atoms with van der Waals surface area (Å²) in [6.45, 7) is 2.51. The van der Waals surface area contributed by atoms with Gasteiger partial charge in [0.1, 0.15) is 55.4 Å². The van der Waals surface area contributed by atoms with E-state index in [1.807, 2.05) is 0 Å². The summed E-state index contributed by atoms with van der Waals surface area (Å²) in [5, 5.41) is 72.1. The zero-order chi connectivity index (χ0) is 49.6. The van der Waals surface area contributed by atoms with Crippen molar-refractivity contribution in [1.29, 1.82) is 0 Å². The van der Waals surface area contributed by atoms with Crippen molar-refractivity contribution < 1.29 is 73.8 Å². The third kappa shape index (κ3) is 27.7. The van der Waals surface area contributed by atoms with E-state index in [-0.39, 0.29) is 19.4 Å². The monoisotopic (exact) mass is 969 g/mol. The molecule has 2 saturated heterocycles. The fourth-order valence-corrected chi connectivity index (χ4v) is 7.92. The summed E-state index contributed by atoms with van der Waals surface area (Å²) in [6, 6.07) is 0. The number of esters is 2. The van der Waals surface area contributed by atoms with Gasteiger partial charge in [-0.1, -0.05) is 140 Å². The van der Waals surface area contributed by atoms with Crippen LogP contribution in [0.15, 0.2) is 48.6 Å². The SMILES string of the molecule is CCCCC/C=C/C/C=C/C/C=C/CCCCC(=O)OC[C@H](CO[C@H]1O[C@@H](CO[C@H]2O[C@@H](CO)[C@@H](O)C(O)C2O)[C@@H](O)C(O)C1O)OC(=O)CCCCCCCCCCC/C=C/CCCCCC. The molecule has 0 radical (unpaired) electrons. The second-order valence-electron chi connectivity index (χ2n) is 18.3. The molecule has 0 saturated carbocycles. The summed E-state index contributed by atoms with van der Waals surface area (Å²) >= 11 is 0. The normalized spacial score (nSPS) is 26.1. The fraction of sp³-hybridized carbons (Fsp3) is 0.811. The van der Waals surface area contributed by atoms with E-state index in [1.54, 1.807) is 0 Å². The maximum absolute atomic E-state index is 13.0. The van der Waals surface area contributed by atoms with Gasteiger partial charge in [0.05, 0.1) is 19.8 Å². The Hall–Kier alpha value is -2.54. The van der Waals surface area contributed by atoms with E-state index in [0.29, 0.717) is 12.8 Å². The Kier molecular flexibility index (Phi) is 36.3. The van der Waals surface area contributed by atoms with Crippen LogP contribution in [-0.2, 0) is 38.0 Å². The molecule has 2 heterocycles. The molecule has 394 valence electrons. The molecule has 4 unspecified atom stereocenters. The van der Waals surface area contributed by atoms with Crippen molar-refractivity contribution >= 4 is 11.9 Å². The van der Waals surface area contributed by atoms with E-state index in [9.17, 15) is 45.3 Å². The standard InChI is InChI=1S/C53H92O15/c1-3-5-7-9-11-13-15-17-19-20-22-24-26-28-30-32-34-36-45(56)66-41(38-63-44(55)35-33-31-29-27-25-23-21-18-16-14-12-10-8-6-4-2)39-64-52-51(62)49(60)47(58)43(68-52)40-65-53-50(61)48(59)46(57)42(37-54)67-53/h12-15,18,21,25,27,41-43,46-54,57-62H,3-11,16-17,19-20,22-24,26,28-40H2,1-2H3/b14-12+,15-13+,21-18+,27-25+/t41-,42+,43+,46-,47-,48?,49?,50?,51?,52+,53+/m1/s1. The molecule has 0 aromatic carbocycles. The van der Waals surface area contributed by atoms with Gasteiger partial charge in [-0.05, 0) is 77.0 Å². The zero-order valence-electron chi connectivity index (χ0n) is 41.6. The third-order valence-electron chi connectivity index (χ3n) is 12.3. The molecule has 2 aliphatic heterocycles. The minimum atomic E-state index is -1.77. The van der Waals surface area contributed by atoms with Crippen LogP contribution in [0.2, 0.25) is 0 Å². The number of rotatable bonds is 40. The first kappa shape index (κ1) is 61.6. The smallest absolute Gasteiger partial charge is 0.306 e. The zero-order valence-corrected chi connectivity index (χ0v) is 41.6. The van der Waals surface area contributed by atoms with Gasteiger partial charge in [0, 0.05) is 12.8 Å². The molecule has 68 heavy (non-hydrogen) atoms. The maximum atomic E-state index is 13.0. The number of ether oxygens (including phenoxy) is 6. The van der Waals surface area contributed by atoms with E-state index in [4.69, 9.17) is 28.4 Å². The number of allylic oxidation sites excluding steroid dienone is 8. The molecule has 15 nitrogen and oxygen atoms in total. The van der Waals surface area contributed by atoms with Gasteiger partial charge in [0.2, 0.25) is 0 Å². The van der Waals surface area contributed by atoms with Crippen LogP contribution in [0.3, 0.4) is 0 Å². The van der Waals surface area contributed by atoms with Crippen molar-refractivity contribution in [2.45, 2.75) is 248 Å². The van der Waals surface area contributed by atoms with Crippen LogP contribution in [0.1, 0.15) is 181 Å². The Balaban J connectivity index is 1.82. The topological polar surface area (TPSA) is 231 Å². The van der Waals surface area contributed by atoms with Crippen LogP contribution in [0.4, 0.5) is 0 Å². The van der Waals surface area contributed by atoms with Crippen molar-refractivity contribution in [3.8, 4) is 0 Å². The molecular formula is C53H92O15. The predicted molar refractivity (Wildman–Crippen MR) is 261 cm³/mol. The molecule has 2 rings (SSSR count). The van der Waals surface area contributed by atoms with E-state index < -0.39 is 99.3 Å². The van der Waals surface area contributed by atoms with Crippen molar-refractivity contribution in [3.05, 3.63) is 48.6 Å². The molecule has 7 N–H and O–H groups in total. The molecule has 15 heteroatoms. The first-order valence-corrected chi connectivity index (χ1v) is 26.2. The number of hydrogen-bond acceptors (Lipinski definition) is 15. The van der Waals surface area contributed by atoms with Gasteiger partial charge in [0.15, 0.2) is 18.7 Å². The number of aliphatic hydroxyl groups excluding tert-OH is 7. The van der Waals surface area contributed by atoms with E-state index >= 15 is 0 Å². The van der Waals surface area contributed by atoms with Gasteiger partial charge in [-0.15, -0.1) is 0 Å². The predicted octanol–water partition coefficient (Wildman–Crippen LogP) is 7.49. The average molecular weight is 969 g/mol. The summed E-state index contributed by atoms with van der Waals surface area (Å²) in [6.07, 6.45) is 27.1. The molecule has 0 aliphatic carbocycles. The first-order valence-electron chi connectivity index (χ1n) is 26.2. The van der Waals surface area contributed by atoms with Crippen LogP contribution in [-0.4, -0.2) is 142 Å². The maximum Gasteiger partial charge on any atom is 0.306 e. The quantitative estimate of drug-likeness (QED) is 0.0179. The van der Waals surface area contributed by atoms with Gasteiger partial charge in [0.25, 0.3) is 0 Å². The molecule has 0 spiro atoms. The van der Waals surface area contributed by atoms with Gasteiger partial charge in [-0.2, -0.15) is 0 Å². The van der Waals surface area contributed by atoms with Crippen LogP contribution in [0.25, 0.3) is 0 Å². The second kappa shape index (κ2) is 40.1. The molecule has 0 amide bonds. The molecule has 2 aliphatic rings. The van der Waals surface area contributed by atoms with Crippen LogP contribution in [0, 0.1) is 0 Å². The molecule has 0 aromatic rings. The van der Waals surface area contributed by atoms with E-state index in [2.05, 4.69) is 62.5 Å². The van der Waals surface area contributed by atoms with Crippen molar-refractivity contribution in [3.63, 3.8) is 0 Å². The lowest BCUT2D eigenvalue weighted by molar-refractivity contribution is -0.332. The molecular weight excluding hydrogens is 877 g/mol. The molecule has 0 bridgehead atoms. The number of unbranched alkanes of at least 4 members (excludes halogenated alkanes) is 18. The Labute approximate surface area is 408 Å². The van der Waals surface area contributed by atoms with Crippen molar-refractivity contribution in [2.75, 3.05) is 26.4 Å². The highest BCUT2D eigenvalue weighted by molar-refractivity contribution is 5.70. The van der Waals surface area contributed by atoms with Crippen LogP contribution >= 0.6 is 0 Å². The summed E-state index contributed by atoms with van der Waals surface area (Å²) in [7, 11) is 0. The lowest BCUT2D eigenvalue weighted by Crippen LogP contribution is -2.61. The summed E-state index contributed by atoms with van der Waals surface area (Å²) in [4.78, 5) is 25.8. The highest BCUT2D eigenvalue weighted by atomic mass is 16.7. The van der Waals surface area contributed by atoms with Gasteiger partial charge in [-0.25, -0.2) is 0 Å². The number of carbonyl (C=O) groups is 2. The average Bonchev–Trinajstić information content (AvgIpc) is 3.33. The molecule has 11 atom stereocenters. The third-order valence-corrected chi connectivity index (χ3v) is 12.3. The van der Waals surface area contributed by atoms with E-state index in [0.717, 1.165) is 64.2 Å². The molecule has 0 aromatic heterocycles. The Morgan fingerprint density at radius 1 is 0.471 bits per heavy atom. The second-order valence-corrected chi connectivity index (χ2v) is 18.3. The minimum Gasteiger partial charge on any atom is -0.462 e. The number of carbonyl (C=O) groups excluding carboxylic acids is 2. The Morgan fingerprint density at radius 3 is 1.46 bits per heavy atom. The summed E-state index contributed by atoms with van der Waals surface area (Å²) in [5.41, 5.74) is 0. The molecule has 2 fully saturated rings. The lowest BCUT2D eigenvalue weighted by Gasteiger charge is -2.42. The summed E-state index contributed by atoms with van der Waals surface area (Å²) in [5.74, 6) is -0.972. The first-order chi connectivity index (χ1) is 33.0. The Morgan fingerprint density at radius 2 is 0.882 bits per heavy atom. The van der Waals surface area contributed by atoms with Gasteiger partial charge in [-0.3, -0.25) is 9.59 Å². The van der Waals surface area contributed by atoms with Gasteiger partial charge >= 0.3 is 11.9 Å². The van der Waals surface area contributed by atoms with Gasteiger partial charge < -0.3 is 64.2 Å². The fourth-order valence-electron chi connectivity index (χ4n) is 7.92. The van der Waals surface area contributed by atoms with Crippen molar-refractivity contribution in [2.24, 2.45) is 0 Å². The van der Waals surface area contributed by atoms with Crippen LogP contribution < -0.4 is 0 Å². The number of aliphatic hydroxyl groups is 7. The van der Waals surface area contributed by atoms with Crippen molar-refractivity contribution in [1.82, 2.24) is 0 Å². The lowest BCUT2D eigenvalue weighted by atomic mass is 9.98. The van der Waals surface area contributed by atoms with Crippen LogP contribution in [0.5, 0.6) is 0 Å². The van der Waals surface area contributed by atoms with E-state index in [1.165, 1.54) is 77.0 Å². The Bertz CT molecular complexity index is 1370. The highest BCUT2D eigenvalue weighted by Crippen LogP contribution is 2.26. The highest BCUT2D eigenvalue weighted by Gasteiger charge is 2.47. The summed E-state index contributed by atoms with van der Waals surface area (Å²) < 4.78 is 33.5. The minimum absolute atomic E-state index is 0.154.